The molecule has 0 atom stereocenters. The van der Waals surface area contributed by atoms with Crippen LogP contribution < -0.4 is 16.7 Å². The Morgan fingerprint density at radius 3 is 2.87 bits per heavy atom. The lowest BCUT2D eigenvalue weighted by Crippen LogP contribution is -2.40. The highest BCUT2D eigenvalue weighted by atomic mass is 16.3. The van der Waals surface area contributed by atoms with E-state index in [1.807, 2.05) is 0 Å². The quantitative estimate of drug-likeness (QED) is 0.548. The van der Waals surface area contributed by atoms with E-state index in [4.69, 9.17) is 5.11 Å². The van der Waals surface area contributed by atoms with E-state index >= 15 is 0 Å². The van der Waals surface area contributed by atoms with Gasteiger partial charge in [-0.3, -0.25) is 9.78 Å². The average Bonchev–Trinajstić information content (AvgIpc) is 2.90. The van der Waals surface area contributed by atoms with Crippen LogP contribution in [-0.2, 0) is 11.3 Å². The van der Waals surface area contributed by atoms with Crippen molar-refractivity contribution in [3.8, 4) is 0 Å². The first-order chi connectivity index (χ1) is 11.1. The smallest absolute Gasteiger partial charge is 0.339 e. The van der Waals surface area contributed by atoms with Gasteiger partial charge in [-0.2, -0.15) is 0 Å². The van der Waals surface area contributed by atoms with E-state index in [9.17, 15) is 14.4 Å². The number of carbonyl (C=O) groups is 1. The van der Waals surface area contributed by atoms with E-state index < -0.39 is 11.4 Å². The number of nitrogens with one attached hydrogen (secondary N) is 2. The summed E-state index contributed by atoms with van der Waals surface area (Å²) in [7, 11) is 0. The number of fused-ring (bicyclic) bond motifs is 3. The first-order valence-electron chi connectivity index (χ1n) is 7.09. The Bertz CT molecular complexity index is 984. The van der Waals surface area contributed by atoms with Crippen molar-refractivity contribution in [3.05, 3.63) is 45.2 Å². The van der Waals surface area contributed by atoms with Crippen molar-refractivity contribution in [2.75, 3.05) is 13.2 Å². The minimum atomic E-state index is -0.618. The van der Waals surface area contributed by atoms with Crippen LogP contribution in [0.4, 0.5) is 0 Å². The molecule has 2 heterocycles. The second-order valence-corrected chi connectivity index (χ2v) is 4.95. The standard InChI is InChI=1S/C14H15N5O4/c20-8-6-15-11(21)5-7-18-13(22)17-12-16-9-3-1-2-4-10(9)19(12)14(18)23/h1-4,20H,5-8H2,(H,15,21)(H,16,17,22). The van der Waals surface area contributed by atoms with Crippen LogP contribution in [0.25, 0.3) is 16.8 Å². The molecule has 1 amide bonds. The average molecular weight is 317 g/mol. The maximum atomic E-state index is 12.5. The number of para-hydroxylation sites is 2. The molecule has 0 saturated carbocycles. The highest BCUT2D eigenvalue weighted by molar-refractivity contribution is 5.79. The van der Waals surface area contributed by atoms with Crippen LogP contribution >= 0.6 is 0 Å². The zero-order valence-electron chi connectivity index (χ0n) is 12.2. The molecule has 9 nitrogen and oxygen atoms in total. The van der Waals surface area contributed by atoms with Gasteiger partial charge in [0.15, 0.2) is 0 Å². The van der Waals surface area contributed by atoms with Crippen molar-refractivity contribution in [2.24, 2.45) is 0 Å². The van der Waals surface area contributed by atoms with Gasteiger partial charge < -0.3 is 10.4 Å². The summed E-state index contributed by atoms with van der Waals surface area (Å²) in [6.45, 7) is -0.0948. The summed E-state index contributed by atoms with van der Waals surface area (Å²) >= 11 is 0. The third-order valence-corrected chi connectivity index (χ3v) is 3.44. The van der Waals surface area contributed by atoms with E-state index in [0.29, 0.717) is 11.0 Å². The molecule has 3 N–H and O–H groups in total. The predicted octanol–water partition coefficient (Wildman–Crippen LogP) is -1.16. The van der Waals surface area contributed by atoms with Crippen LogP contribution in [0.3, 0.4) is 0 Å². The van der Waals surface area contributed by atoms with Gasteiger partial charge >= 0.3 is 11.4 Å². The number of carbonyl (C=O) groups excluding carboxylic acids is 1. The monoisotopic (exact) mass is 317 g/mol. The zero-order chi connectivity index (χ0) is 16.4. The first-order valence-corrected chi connectivity index (χ1v) is 7.09. The van der Waals surface area contributed by atoms with E-state index in [1.54, 1.807) is 24.3 Å². The van der Waals surface area contributed by atoms with Crippen LogP contribution in [0.2, 0.25) is 0 Å². The van der Waals surface area contributed by atoms with Gasteiger partial charge in [-0.1, -0.05) is 12.1 Å². The normalized spacial score (nSPS) is 11.2. The zero-order valence-corrected chi connectivity index (χ0v) is 12.2. The topological polar surface area (TPSA) is 121 Å². The summed E-state index contributed by atoms with van der Waals surface area (Å²) < 4.78 is 2.27. The van der Waals surface area contributed by atoms with Crippen LogP contribution in [0.15, 0.2) is 33.9 Å². The van der Waals surface area contributed by atoms with Gasteiger partial charge in [-0.25, -0.2) is 23.5 Å². The number of hydrogen-bond acceptors (Lipinski definition) is 5. The number of aliphatic hydroxyl groups is 1. The van der Waals surface area contributed by atoms with Crippen molar-refractivity contribution < 1.29 is 9.90 Å². The molecular formula is C14H15N5O4. The highest BCUT2D eigenvalue weighted by Crippen LogP contribution is 2.11. The second-order valence-electron chi connectivity index (χ2n) is 4.95. The molecule has 2 aromatic heterocycles. The molecule has 3 aromatic rings. The summed E-state index contributed by atoms with van der Waals surface area (Å²) in [5.41, 5.74) is 0.0149. The Labute approximate surface area is 129 Å². The molecular weight excluding hydrogens is 302 g/mol. The van der Waals surface area contributed by atoms with E-state index in [2.05, 4.69) is 15.3 Å². The number of aromatic amines is 1. The second kappa shape index (κ2) is 6.05. The number of aromatic nitrogens is 4. The summed E-state index contributed by atoms with van der Waals surface area (Å²) in [4.78, 5) is 42.9. The van der Waals surface area contributed by atoms with Crippen molar-refractivity contribution in [1.29, 1.82) is 0 Å². The van der Waals surface area contributed by atoms with Gasteiger partial charge in [0.05, 0.1) is 17.6 Å². The van der Waals surface area contributed by atoms with Crippen molar-refractivity contribution in [3.63, 3.8) is 0 Å². The largest absolute Gasteiger partial charge is 0.395 e. The van der Waals surface area contributed by atoms with Gasteiger partial charge in [0.2, 0.25) is 11.7 Å². The number of hydrogen-bond donors (Lipinski definition) is 3. The molecule has 0 saturated heterocycles. The summed E-state index contributed by atoms with van der Waals surface area (Å²) in [6, 6.07) is 7.03. The van der Waals surface area contributed by atoms with Gasteiger partial charge in [0.1, 0.15) is 0 Å². The molecule has 0 radical (unpaired) electrons. The van der Waals surface area contributed by atoms with E-state index in [-0.39, 0.29) is 37.8 Å². The molecule has 23 heavy (non-hydrogen) atoms. The number of nitrogens with zero attached hydrogens (tertiary/aromatic N) is 3. The number of benzene rings is 1. The number of H-pyrrole nitrogens is 1. The molecule has 0 aliphatic rings. The Hall–Kier alpha value is -2.94. The fourth-order valence-corrected chi connectivity index (χ4v) is 2.37. The minimum absolute atomic E-state index is 0.0406. The number of aliphatic hydroxyl groups excluding tert-OH is 1. The number of imidazole rings is 1. The Morgan fingerprint density at radius 1 is 1.30 bits per heavy atom. The minimum Gasteiger partial charge on any atom is -0.395 e. The molecule has 0 aliphatic carbocycles. The maximum Gasteiger partial charge on any atom is 0.339 e. The van der Waals surface area contributed by atoms with E-state index in [1.165, 1.54) is 4.40 Å². The first kappa shape index (κ1) is 15.0. The summed E-state index contributed by atoms with van der Waals surface area (Å²) in [6.07, 6.45) is -0.0406. The molecule has 0 unspecified atom stereocenters. The van der Waals surface area contributed by atoms with Gasteiger partial charge in [-0.15, -0.1) is 0 Å². The predicted molar refractivity (Wildman–Crippen MR) is 82.3 cm³/mol. The van der Waals surface area contributed by atoms with Gasteiger partial charge in [-0.05, 0) is 12.1 Å². The third-order valence-electron chi connectivity index (χ3n) is 3.44. The third kappa shape index (κ3) is 2.73. The molecule has 0 fully saturated rings. The SMILES string of the molecule is O=C(CCn1c(=O)[nH]c2nc3ccccc3n2c1=O)NCCO. The van der Waals surface area contributed by atoms with Crippen LogP contribution in [0.5, 0.6) is 0 Å². The van der Waals surface area contributed by atoms with Crippen molar-refractivity contribution >= 4 is 22.7 Å². The molecule has 0 bridgehead atoms. The fourth-order valence-electron chi connectivity index (χ4n) is 2.37. The van der Waals surface area contributed by atoms with Crippen molar-refractivity contribution in [1.82, 2.24) is 24.3 Å². The number of amides is 1. The van der Waals surface area contributed by atoms with Crippen LogP contribution in [-0.4, -0.2) is 43.1 Å². The van der Waals surface area contributed by atoms with Gasteiger partial charge in [0.25, 0.3) is 0 Å². The molecule has 0 spiro atoms. The molecule has 9 heteroatoms. The molecule has 1 aromatic carbocycles. The van der Waals surface area contributed by atoms with Crippen molar-refractivity contribution in [2.45, 2.75) is 13.0 Å². The van der Waals surface area contributed by atoms with Crippen LogP contribution in [0.1, 0.15) is 6.42 Å². The summed E-state index contributed by atoms with van der Waals surface area (Å²) in [5, 5.41) is 11.1. The highest BCUT2D eigenvalue weighted by Gasteiger charge is 2.13. The lowest BCUT2D eigenvalue weighted by atomic mass is 10.3. The number of rotatable bonds is 5. The Morgan fingerprint density at radius 2 is 2.09 bits per heavy atom. The van der Waals surface area contributed by atoms with Crippen LogP contribution in [0, 0.1) is 0 Å². The Balaban J connectivity index is 2.01. The fraction of sp³-hybridized carbons (Fsp3) is 0.286. The summed E-state index contributed by atoms with van der Waals surface area (Å²) in [5.74, 6) is -0.178. The molecule has 0 aliphatic heterocycles. The van der Waals surface area contributed by atoms with Gasteiger partial charge in [0, 0.05) is 19.5 Å². The lowest BCUT2D eigenvalue weighted by molar-refractivity contribution is -0.121. The van der Waals surface area contributed by atoms with E-state index in [0.717, 1.165) is 4.57 Å². The Kier molecular flexibility index (Phi) is 3.94. The molecule has 3 rings (SSSR count). The lowest BCUT2D eigenvalue weighted by Gasteiger charge is -2.06. The molecule has 120 valence electrons. The maximum absolute atomic E-state index is 12.5.